The van der Waals surface area contributed by atoms with E-state index >= 15 is 0 Å². The second-order valence-electron chi connectivity index (χ2n) is 4.47. The van der Waals surface area contributed by atoms with Crippen molar-refractivity contribution in [3.63, 3.8) is 0 Å². The van der Waals surface area contributed by atoms with Crippen molar-refractivity contribution >= 4 is 0 Å². The Morgan fingerprint density at radius 1 is 1.40 bits per heavy atom. The first-order valence-electron chi connectivity index (χ1n) is 5.74. The number of aryl methyl sites for hydroxylation is 1. The number of rotatable bonds is 3. The highest BCUT2D eigenvalue weighted by Crippen LogP contribution is 2.20. The van der Waals surface area contributed by atoms with E-state index in [0.717, 1.165) is 12.8 Å². The lowest BCUT2D eigenvalue weighted by atomic mass is 9.88. The number of benzene rings is 1. The highest BCUT2D eigenvalue weighted by atomic mass is 16.3. The number of fused-ring (bicyclic) bond motifs is 1. The minimum atomic E-state index is -0.248. The molecule has 2 heteroatoms. The summed E-state index contributed by atoms with van der Waals surface area (Å²) in [6.45, 7) is 2.52. The Hall–Kier alpha value is -0.860. The van der Waals surface area contributed by atoms with E-state index in [9.17, 15) is 5.11 Å². The van der Waals surface area contributed by atoms with Crippen LogP contribution in [0.2, 0.25) is 0 Å². The fourth-order valence-corrected chi connectivity index (χ4v) is 2.21. The van der Waals surface area contributed by atoms with Crippen LogP contribution in [0.15, 0.2) is 24.3 Å². The minimum absolute atomic E-state index is 0.248. The Kier molecular flexibility index (Phi) is 3.39. The molecule has 0 spiro atoms. The van der Waals surface area contributed by atoms with Gasteiger partial charge in [-0.15, -0.1) is 0 Å². The highest BCUT2D eigenvalue weighted by Gasteiger charge is 2.17. The van der Waals surface area contributed by atoms with Crippen LogP contribution in [0.3, 0.4) is 0 Å². The number of hydrogen-bond acceptors (Lipinski definition) is 2. The van der Waals surface area contributed by atoms with E-state index in [2.05, 4.69) is 29.6 Å². The topological polar surface area (TPSA) is 32.3 Å². The summed E-state index contributed by atoms with van der Waals surface area (Å²) in [5.41, 5.74) is 2.96. The highest BCUT2D eigenvalue weighted by molar-refractivity contribution is 5.30. The molecule has 1 aliphatic rings. The Morgan fingerprint density at radius 3 is 2.87 bits per heavy atom. The zero-order valence-corrected chi connectivity index (χ0v) is 9.24. The smallest absolute Gasteiger partial charge is 0.0636 e. The molecule has 0 fully saturated rings. The molecule has 2 nitrogen and oxygen atoms in total. The van der Waals surface area contributed by atoms with Crippen molar-refractivity contribution in [3.8, 4) is 0 Å². The lowest BCUT2D eigenvalue weighted by Gasteiger charge is -2.26. The predicted molar refractivity (Wildman–Crippen MR) is 61.9 cm³/mol. The molecule has 0 amide bonds. The molecule has 2 atom stereocenters. The Balaban J connectivity index is 1.94. The number of nitrogens with one attached hydrogen (secondary N) is 1. The fraction of sp³-hybridized carbons (Fsp3) is 0.538. The van der Waals surface area contributed by atoms with Crippen LogP contribution in [-0.2, 0) is 12.8 Å². The molecule has 1 aromatic rings. The van der Waals surface area contributed by atoms with E-state index in [1.165, 1.54) is 17.5 Å². The Morgan fingerprint density at radius 2 is 2.13 bits per heavy atom. The summed E-state index contributed by atoms with van der Waals surface area (Å²) >= 11 is 0. The summed E-state index contributed by atoms with van der Waals surface area (Å²) in [5.74, 6) is 0. The molecule has 82 valence electrons. The van der Waals surface area contributed by atoms with Gasteiger partial charge in [0.25, 0.3) is 0 Å². The van der Waals surface area contributed by atoms with Gasteiger partial charge in [0.2, 0.25) is 0 Å². The van der Waals surface area contributed by atoms with E-state index in [-0.39, 0.29) is 6.10 Å². The maximum absolute atomic E-state index is 9.22. The third-order valence-electron chi connectivity index (χ3n) is 3.05. The number of aliphatic hydroxyl groups excluding tert-OH is 1. The molecule has 15 heavy (non-hydrogen) atoms. The first-order chi connectivity index (χ1) is 7.25. The standard InChI is InChI=1S/C13H19NO/c1-10(15)9-14-13-7-6-11-4-2-3-5-12(11)8-13/h2-5,10,13-15H,6-9H2,1H3/t10-,13+/m0/s1. The predicted octanol–water partition coefficient (Wildman–Crippen LogP) is 1.51. The van der Waals surface area contributed by atoms with E-state index < -0.39 is 0 Å². The van der Waals surface area contributed by atoms with Gasteiger partial charge in [0.15, 0.2) is 0 Å². The van der Waals surface area contributed by atoms with Crippen molar-refractivity contribution in [2.24, 2.45) is 0 Å². The zero-order valence-electron chi connectivity index (χ0n) is 9.24. The monoisotopic (exact) mass is 205 g/mol. The van der Waals surface area contributed by atoms with E-state index in [1.54, 1.807) is 0 Å². The summed E-state index contributed by atoms with van der Waals surface area (Å²) in [7, 11) is 0. The number of aliphatic hydroxyl groups is 1. The van der Waals surface area contributed by atoms with Crippen LogP contribution in [0.1, 0.15) is 24.5 Å². The molecule has 0 saturated heterocycles. The van der Waals surface area contributed by atoms with Crippen LogP contribution in [0.5, 0.6) is 0 Å². The maximum atomic E-state index is 9.22. The van der Waals surface area contributed by atoms with Crippen molar-refractivity contribution in [3.05, 3.63) is 35.4 Å². The first kappa shape index (κ1) is 10.7. The molecular weight excluding hydrogens is 186 g/mol. The molecule has 0 saturated carbocycles. The first-order valence-corrected chi connectivity index (χ1v) is 5.74. The van der Waals surface area contributed by atoms with Crippen LogP contribution in [0.4, 0.5) is 0 Å². The van der Waals surface area contributed by atoms with Gasteiger partial charge in [-0.3, -0.25) is 0 Å². The molecule has 1 aromatic carbocycles. The molecule has 0 heterocycles. The molecule has 2 rings (SSSR count). The van der Waals surface area contributed by atoms with Crippen molar-refractivity contribution < 1.29 is 5.11 Å². The third-order valence-corrected chi connectivity index (χ3v) is 3.05. The second kappa shape index (κ2) is 4.77. The van der Waals surface area contributed by atoms with Crippen molar-refractivity contribution in [1.82, 2.24) is 5.32 Å². The second-order valence-corrected chi connectivity index (χ2v) is 4.47. The van der Waals surface area contributed by atoms with Crippen LogP contribution >= 0.6 is 0 Å². The van der Waals surface area contributed by atoms with Gasteiger partial charge in [-0.2, -0.15) is 0 Å². The molecule has 2 N–H and O–H groups in total. The van der Waals surface area contributed by atoms with Gasteiger partial charge in [-0.25, -0.2) is 0 Å². The molecule has 0 aliphatic heterocycles. The average molecular weight is 205 g/mol. The lowest BCUT2D eigenvalue weighted by Crippen LogP contribution is -2.38. The fourth-order valence-electron chi connectivity index (χ4n) is 2.21. The van der Waals surface area contributed by atoms with E-state index in [4.69, 9.17) is 0 Å². The SMILES string of the molecule is C[C@H](O)CN[C@@H]1CCc2ccccc2C1. The van der Waals surface area contributed by atoms with Gasteiger partial charge in [-0.1, -0.05) is 24.3 Å². The zero-order chi connectivity index (χ0) is 10.7. The van der Waals surface area contributed by atoms with Crippen molar-refractivity contribution in [2.75, 3.05) is 6.54 Å². The Labute approximate surface area is 91.3 Å². The van der Waals surface area contributed by atoms with E-state index in [1.807, 2.05) is 6.92 Å². The summed E-state index contributed by atoms with van der Waals surface area (Å²) in [6, 6.07) is 9.19. The third kappa shape index (κ3) is 2.80. The van der Waals surface area contributed by atoms with Gasteiger partial charge in [0.1, 0.15) is 0 Å². The van der Waals surface area contributed by atoms with Gasteiger partial charge in [-0.05, 0) is 37.3 Å². The number of hydrogen-bond donors (Lipinski definition) is 2. The van der Waals surface area contributed by atoms with E-state index in [0.29, 0.717) is 12.6 Å². The van der Waals surface area contributed by atoms with Crippen molar-refractivity contribution in [2.45, 2.75) is 38.3 Å². The quantitative estimate of drug-likeness (QED) is 0.784. The summed E-state index contributed by atoms with van der Waals surface area (Å²) in [6.07, 6.45) is 3.20. The van der Waals surface area contributed by atoms with Gasteiger partial charge < -0.3 is 10.4 Å². The Bertz CT molecular complexity index is 322. The van der Waals surface area contributed by atoms with Crippen LogP contribution in [-0.4, -0.2) is 23.8 Å². The summed E-state index contributed by atoms with van der Waals surface area (Å²) in [4.78, 5) is 0. The normalized spacial score (nSPS) is 22.1. The average Bonchev–Trinajstić information content (AvgIpc) is 2.26. The van der Waals surface area contributed by atoms with Gasteiger partial charge >= 0.3 is 0 Å². The minimum Gasteiger partial charge on any atom is -0.392 e. The maximum Gasteiger partial charge on any atom is 0.0636 e. The van der Waals surface area contributed by atoms with Gasteiger partial charge in [0, 0.05) is 12.6 Å². The van der Waals surface area contributed by atoms with Crippen LogP contribution in [0.25, 0.3) is 0 Å². The molecule has 0 bridgehead atoms. The lowest BCUT2D eigenvalue weighted by molar-refractivity contribution is 0.184. The molecule has 0 aromatic heterocycles. The molecule has 0 radical (unpaired) electrons. The summed E-state index contributed by atoms with van der Waals surface area (Å²) < 4.78 is 0. The molecule has 1 aliphatic carbocycles. The molecule has 0 unspecified atom stereocenters. The molecular formula is C13H19NO. The van der Waals surface area contributed by atoms with Crippen molar-refractivity contribution in [1.29, 1.82) is 0 Å². The van der Waals surface area contributed by atoms with Crippen LogP contribution < -0.4 is 5.32 Å². The summed E-state index contributed by atoms with van der Waals surface area (Å²) in [5, 5.41) is 12.6. The largest absolute Gasteiger partial charge is 0.392 e. The van der Waals surface area contributed by atoms with Gasteiger partial charge in [0.05, 0.1) is 6.10 Å². The van der Waals surface area contributed by atoms with Crippen LogP contribution in [0, 0.1) is 0 Å².